The summed E-state index contributed by atoms with van der Waals surface area (Å²) in [4.78, 5) is 26.2. The van der Waals surface area contributed by atoms with Crippen LogP contribution in [-0.4, -0.2) is 30.9 Å². The number of benzene rings is 1. The van der Waals surface area contributed by atoms with Crippen LogP contribution in [0.3, 0.4) is 0 Å². The van der Waals surface area contributed by atoms with Gasteiger partial charge in [-0.2, -0.15) is 0 Å². The Morgan fingerprint density at radius 2 is 2.08 bits per heavy atom. The second kappa shape index (κ2) is 7.31. The topological polar surface area (TPSA) is 62.6 Å². The highest BCUT2D eigenvalue weighted by molar-refractivity contribution is 7.12. The van der Waals surface area contributed by atoms with Gasteiger partial charge in [0.05, 0.1) is 10.6 Å². The molecule has 0 atom stereocenters. The summed E-state index contributed by atoms with van der Waals surface area (Å²) in [6.07, 6.45) is 0.780. The van der Waals surface area contributed by atoms with Crippen molar-refractivity contribution < 1.29 is 9.21 Å². The van der Waals surface area contributed by atoms with Gasteiger partial charge in [-0.25, -0.2) is 4.79 Å². The summed E-state index contributed by atoms with van der Waals surface area (Å²) >= 11 is 1.45. The van der Waals surface area contributed by atoms with Crippen molar-refractivity contribution in [1.29, 1.82) is 0 Å². The average Bonchev–Trinajstić information content (AvgIpc) is 3.12. The molecule has 2 heterocycles. The van der Waals surface area contributed by atoms with Crippen LogP contribution in [0.4, 0.5) is 5.69 Å². The number of anilines is 1. The number of para-hydroxylation sites is 1. The molecule has 0 bridgehead atoms. The van der Waals surface area contributed by atoms with Gasteiger partial charge in [0.2, 0.25) is 0 Å². The van der Waals surface area contributed by atoms with E-state index in [9.17, 15) is 9.59 Å². The SMILES string of the molecule is CN(CCCNc1cc(=O)oc2ccccc12)C(=O)c1cccs1. The van der Waals surface area contributed by atoms with E-state index in [1.807, 2.05) is 35.7 Å². The van der Waals surface area contributed by atoms with E-state index in [-0.39, 0.29) is 11.5 Å². The van der Waals surface area contributed by atoms with Crippen LogP contribution in [0.1, 0.15) is 16.1 Å². The molecule has 1 aromatic carbocycles. The minimum absolute atomic E-state index is 0.0378. The number of hydrogen-bond acceptors (Lipinski definition) is 5. The lowest BCUT2D eigenvalue weighted by atomic mass is 10.2. The molecule has 5 nitrogen and oxygen atoms in total. The Morgan fingerprint density at radius 3 is 2.88 bits per heavy atom. The maximum absolute atomic E-state index is 12.2. The first-order valence-corrected chi connectivity index (χ1v) is 8.59. The maximum Gasteiger partial charge on any atom is 0.338 e. The first-order chi connectivity index (χ1) is 11.6. The first kappa shape index (κ1) is 16.3. The highest BCUT2D eigenvalue weighted by atomic mass is 32.1. The summed E-state index contributed by atoms with van der Waals surface area (Å²) in [5, 5.41) is 6.03. The monoisotopic (exact) mass is 342 g/mol. The van der Waals surface area contributed by atoms with Gasteiger partial charge in [-0.3, -0.25) is 4.79 Å². The Labute approximate surface area is 143 Å². The van der Waals surface area contributed by atoms with Crippen molar-refractivity contribution >= 4 is 33.9 Å². The number of fused-ring (bicyclic) bond motifs is 1. The van der Waals surface area contributed by atoms with Crippen LogP contribution in [-0.2, 0) is 0 Å². The van der Waals surface area contributed by atoms with Gasteiger partial charge >= 0.3 is 5.63 Å². The van der Waals surface area contributed by atoms with Crippen molar-refractivity contribution in [1.82, 2.24) is 4.90 Å². The predicted molar refractivity (Wildman–Crippen MR) is 96.9 cm³/mol. The molecule has 2 aromatic heterocycles. The molecular formula is C18H18N2O3S. The van der Waals surface area contributed by atoms with Crippen LogP contribution in [0.25, 0.3) is 11.0 Å². The number of nitrogens with zero attached hydrogens (tertiary/aromatic N) is 1. The largest absolute Gasteiger partial charge is 0.423 e. The Morgan fingerprint density at radius 1 is 1.25 bits per heavy atom. The van der Waals surface area contributed by atoms with E-state index in [4.69, 9.17) is 4.42 Å². The van der Waals surface area contributed by atoms with Crippen LogP contribution >= 0.6 is 11.3 Å². The third kappa shape index (κ3) is 3.65. The highest BCUT2D eigenvalue weighted by Crippen LogP contribution is 2.20. The normalized spacial score (nSPS) is 10.7. The third-order valence-electron chi connectivity index (χ3n) is 3.71. The van der Waals surface area contributed by atoms with Crippen molar-refractivity contribution in [2.24, 2.45) is 0 Å². The van der Waals surface area contributed by atoms with Gasteiger partial charge in [-0.05, 0) is 30.0 Å². The van der Waals surface area contributed by atoms with E-state index < -0.39 is 0 Å². The molecule has 0 aliphatic rings. The van der Waals surface area contributed by atoms with Crippen molar-refractivity contribution in [3.05, 3.63) is 63.1 Å². The minimum atomic E-state index is -0.374. The fourth-order valence-corrected chi connectivity index (χ4v) is 3.20. The van der Waals surface area contributed by atoms with Crippen LogP contribution in [0, 0.1) is 0 Å². The van der Waals surface area contributed by atoms with E-state index in [2.05, 4.69) is 5.32 Å². The molecule has 0 saturated carbocycles. The molecule has 6 heteroatoms. The third-order valence-corrected chi connectivity index (χ3v) is 4.57. The number of nitrogens with one attached hydrogen (secondary N) is 1. The fraction of sp³-hybridized carbons (Fsp3) is 0.222. The molecule has 0 spiro atoms. The van der Waals surface area contributed by atoms with E-state index in [1.54, 1.807) is 18.0 Å². The molecule has 0 fully saturated rings. The fourth-order valence-electron chi connectivity index (χ4n) is 2.49. The molecule has 24 heavy (non-hydrogen) atoms. The van der Waals surface area contributed by atoms with E-state index >= 15 is 0 Å². The minimum Gasteiger partial charge on any atom is -0.423 e. The van der Waals surface area contributed by atoms with Gasteiger partial charge in [0.15, 0.2) is 0 Å². The Balaban J connectivity index is 1.57. The number of hydrogen-bond donors (Lipinski definition) is 1. The standard InChI is InChI=1S/C18H18N2O3S/c1-20(18(22)16-8-4-11-24-16)10-5-9-19-14-12-17(21)23-15-7-3-2-6-13(14)15/h2-4,6-8,11-12,19H,5,9-10H2,1H3. The summed E-state index contributed by atoms with van der Waals surface area (Å²) < 4.78 is 5.17. The first-order valence-electron chi connectivity index (χ1n) is 7.71. The molecule has 124 valence electrons. The quantitative estimate of drug-likeness (QED) is 0.551. The van der Waals surface area contributed by atoms with Crippen LogP contribution < -0.4 is 10.9 Å². The van der Waals surface area contributed by atoms with Gasteiger partial charge in [0.25, 0.3) is 5.91 Å². The number of amides is 1. The molecule has 0 unspecified atom stereocenters. The average molecular weight is 342 g/mol. The molecule has 3 aromatic rings. The molecule has 0 aliphatic carbocycles. The van der Waals surface area contributed by atoms with Crippen molar-refractivity contribution in [3.63, 3.8) is 0 Å². The zero-order chi connectivity index (χ0) is 16.9. The lowest BCUT2D eigenvalue weighted by Gasteiger charge is -2.16. The highest BCUT2D eigenvalue weighted by Gasteiger charge is 2.12. The molecule has 1 amide bonds. The lowest BCUT2D eigenvalue weighted by Crippen LogP contribution is -2.28. The second-order valence-corrected chi connectivity index (χ2v) is 6.41. The molecule has 0 saturated heterocycles. The number of thiophene rings is 1. The summed E-state index contributed by atoms with van der Waals surface area (Å²) in [5.41, 5.74) is 0.952. The number of rotatable bonds is 6. The molecule has 0 radical (unpaired) electrons. The van der Waals surface area contributed by atoms with Gasteiger partial charge in [-0.1, -0.05) is 18.2 Å². The predicted octanol–water partition coefficient (Wildman–Crippen LogP) is 3.43. The second-order valence-electron chi connectivity index (χ2n) is 5.46. The zero-order valence-corrected chi connectivity index (χ0v) is 14.1. The Kier molecular flexibility index (Phi) is 4.96. The van der Waals surface area contributed by atoms with E-state index in [0.29, 0.717) is 18.7 Å². The summed E-state index contributed by atoms with van der Waals surface area (Å²) in [5.74, 6) is 0.0378. The van der Waals surface area contributed by atoms with Gasteiger partial charge < -0.3 is 14.6 Å². The molecule has 0 aliphatic heterocycles. The summed E-state index contributed by atoms with van der Waals surface area (Å²) in [7, 11) is 1.80. The van der Waals surface area contributed by atoms with Gasteiger partial charge in [-0.15, -0.1) is 11.3 Å². The van der Waals surface area contributed by atoms with Crippen LogP contribution in [0.2, 0.25) is 0 Å². The maximum atomic E-state index is 12.2. The van der Waals surface area contributed by atoms with Crippen molar-refractivity contribution in [3.8, 4) is 0 Å². The van der Waals surface area contributed by atoms with Crippen molar-refractivity contribution in [2.75, 3.05) is 25.5 Å². The lowest BCUT2D eigenvalue weighted by molar-refractivity contribution is 0.0799. The summed E-state index contributed by atoms with van der Waals surface area (Å²) in [6, 6.07) is 12.6. The van der Waals surface area contributed by atoms with E-state index in [1.165, 1.54) is 17.4 Å². The summed E-state index contributed by atoms with van der Waals surface area (Å²) in [6.45, 7) is 1.30. The molecule has 3 rings (SSSR count). The Bertz CT molecular complexity index is 887. The number of carbonyl (C=O) groups is 1. The van der Waals surface area contributed by atoms with Gasteiger partial charge in [0.1, 0.15) is 5.58 Å². The smallest absolute Gasteiger partial charge is 0.338 e. The molecular weight excluding hydrogens is 324 g/mol. The van der Waals surface area contributed by atoms with Crippen molar-refractivity contribution in [2.45, 2.75) is 6.42 Å². The van der Waals surface area contributed by atoms with Crippen LogP contribution in [0.5, 0.6) is 0 Å². The zero-order valence-electron chi connectivity index (χ0n) is 13.3. The number of carbonyl (C=O) groups excluding carboxylic acids is 1. The Hall–Kier alpha value is -2.60. The van der Waals surface area contributed by atoms with E-state index in [0.717, 1.165) is 22.4 Å². The molecule has 1 N–H and O–H groups in total. The van der Waals surface area contributed by atoms with Crippen LogP contribution in [0.15, 0.2) is 57.1 Å². The van der Waals surface area contributed by atoms with Gasteiger partial charge in [0, 0.05) is 31.6 Å².